The molecular weight excluding hydrogens is 280 g/mol. The number of halogens is 1. The number of amides is 1. The lowest BCUT2D eigenvalue weighted by atomic mass is 10.1. The van der Waals surface area contributed by atoms with Gasteiger partial charge in [-0.1, -0.05) is 28.9 Å². The third kappa shape index (κ3) is 4.48. The largest absolute Gasteiger partial charge is 0.352 e. The molecule has 94 valence electrons. The van der Waals surface area contributed by atoms with Crippen molar-refractivity contribution in [3.63, 3.8) is 0 Å². The van der Waals surface area contributed by atoms with E-state index in [9.17, 15) is 4.79 Å². The molecular formula is C13H19BrN2O. The standard InChI is InChI=1S/C13H19BrN2O/c1-9(7-15-3)8-16-13(17)12-6-11(14)5-4-10(12)2/h4-6,9,15H,7-8H2,1-3H3,(H,16,17). The average molecular weight is 299 g/mol. The molecule has 1 atom stereocenters. The van der Waals surface area contributed by atoms with E-state index >= 15 is 0 Å². The van der Waals surface area contributed by atoms with Gasteiger partial charge in [0, 0.05) is 16.6 Å². The molecule has 4 heteroatoms. The lowest BCUT2D eigenvalue weighted by molar-refractivity contribution is 0.0947. The van der Waals surface area contributed by atoms with E-state index in [1.807, 2.05) is 32.2 Å². The Morgan fingerprint density at radius 1 is 1.41 bits per heavy atom. The number of aryl methyl sites for hydroxylation is 1. The zero-order valence-electron chi connectivity index (χ0n) is 10.5. The van der Waals surface area contributed by atoms with Gasteiger partial charge in [-0.15, -0.1) is 0 Å². The van der Waals surface area contributed by atoms with E-state index in [1.165, 1.54) is 0 Å². The molecule has 0 fully saturated rings. The van der Waals surface area contributed by atoms with Gasteiger partial charge in [-0.25, -0.2) is 0 Å². The summed E-state index contributed by atoms with van der Waals surface area (Å²) in [6.45, 7) is 5.63. The highest BCUT2D eigenvalue weighted by Gasteiger charge is 2.10. The lowest BCUT2D eigenvalue weighted by Crippen LogP contribution is -2.32. The van der Waals surface area contributed by atoms with Crippen LogP contribution in [0.3, 0.4) is 0 Å². The summed E-state index contributed by atoms with van der Waals surface area (Å²) < 4.78 is 0.927. The van der Waals surface area contributed by atoms with Crippen molar-refractivity contribution in [2.75, 3.05) is 20.1 Å². The van der Waals surface area contributed by atoms with Crippen LogP contribution in [-0.2, 0) is 0 Å². The summed E-state index contributed by atoms with van der Waals surface area (Å²) in [7, 11) is 1.91. The quantitative estimate of drug-likeness (QED) is 0.876. The first-order valence-corrected chi connectivity index (χ1v) is 6.53. The van der Waals surface area contributed by atoms with E-state index in [4.69, 9.17) is 0 Å². The number of rotatable bonds is 5. The van der Waals surface area contributed by atoms with Gasteiger partial charge in [0.25, 0.3) is 5.91 Å². The number of benzene rings is 1. The predicted molar refractivity (Wildman–Crippen MR) is 74.3 cm³/mol. The van der Waals surface area contributed by atoms with Gasteiger partial charge in [0.15, 0.2) is 0 Å². The van der Waals surface area contributed by atoms with Crippen LogP contribution in [0.25, 0.3) is 0 Å². The van der Waals surface area contributed by atoms with E-state index in [2.05, 4.69) is 33.5 Å². The van der Waals surface area contributed by atoms with Crippen molar-refractivity contribution < 1.29 is 4.79 Å². The maximum atomic E-state index is 12.0. The molecule has 0 aliphatic carbocycles. The second-order valence-electron chi connectivity index (χ2n) is 4.33. The predicted octanol–water partition coefficient (Wildman–Crippen LogP) is 2.34. The maximum Gasteiger partial charge on any atom is 0.251 e. The Labute approximate surface area is 111 Å². The fourth-order valence-corrected chi connectivity index (χ4v) is 1.98. The topological polar surface area (TPSA) is 41.1 Å². The molecule has 0 bridgehead atoms. The van der Waals surface area contributed by atoms with Crippen molar-refractivity contribution in [2.45, 2.75) is 13.8 Å². The molecule has 0 saturated carbocycles. The van der Waals surface area contributed by atoms with Crippen molar-refractivity contribution in [3.8, 4) is 0 Å². The second kappa shape index (κ2) is 6.77. The van der Waals surface area contributed by atoms with Crippen LogP contribution in [0.5, 0.6) is 0 Å². The van der Waals surface area contributed by atoms with E-state index in [-0.39, 0.29) is 5.91 Å². The van der Waals surface area contributed by atoms with Crippen LogP contribution in [0, 0.1) is 12.8 Å². The van der Waals surface area contributed by atoms with E-state index in [0.29, 0.717) is 12.5 Å². The van der Waals surface area contributed by atoms with Crippen molar-refractivity contribution in [3.05, 3.63) is 33.8 Å². The van der Waals surface area contributed by atoms with E-state index < -0.39 is 0 Å². The Balaban J connectivity index is 2.61. The van der Waals surface area contributed by atoms with E-state index in [0.717, 1.165) is 22.1 Å². The summed E-state index contributed by atoms with van der Waals surface area (Å²) in [5.74, 6) is 0.420. The molecule has 1 unspecified atom stereocenters. The highest BCUT2D eigenvalue weighted by molar-refractivity contribution is 9.10. The van der Waals surface area contributed by atoms with Crippen LogP contribution in [-0.4, -0.2) is 26.0 Å². The number of carbonyl (C=O) groups is 1. The molecule has 0 aromatic heterocycles. The Morgan fingerprint density at radius 3 is 2.76 bits per heavy atom. The van der Waals surface area contributed by atoms with Crippen molar-refractivity contribution in [1.82, 2.24) is 10.6 Å². The highest BCUT2D eigenvalue weighted by atomic mass is 79.9. The minimum atomic E-state index is -0.00764. The number of hydrogen-bond acceptors (Lipinski definition) is 2. The van der Waals surface area contributed by atoms with Crippen molar-refractivity contribution in [1.29, 1.82) is 0 Å². The number of carbonyl (C=O) groups excluding carboxylic acids is 1. The SMILES string of the molecule is CNCC(C)CNC(=O)c1cc(Br)ccc1C. The zero-order valence-corrected chi connectivity index (χ0v) is 12.1. The van der Waals surface area contributed by atoms with Crippen LogP contribution < -0.4 is 10.6 Å². The van der Waals surface area contributed by atoms with Crippen LogP contribution in [0.15, 0.2) is 22.7 Å². The molecule has 0 heterocycles. The molecule has 0 radical (unpaired) electrons. The van der Waals surface area contributed by atoms with Crippen LogP contribution >= 0.6 is 15.9 Å². The van der Waals surface area contributed by atoms with Crippen LogP contribution in [0.4, 0.5) is 0 Å². The molecule has 2 N–H and O–H groups in total. The Bertz CT molecular complexity index is 393. The average Bonchev–Trinajstić information content (AvgIpc) is 2.29. The zero-order chi connectivity index (χ0) is 12.8. The van der Waals surface area contributed by atoms with Gasteiger partial charge >= 0.3 is 0 Å². The first-order chi connectivity index (χ1) is 8.04. The van der Waals surface area contributed by atoms with E-state index in [1.54, 1.807) is 0 Å². The second-order valence-corrected chi connectivity index (χ2v) is 5.25. The fourth-order valence-electron chi connectivity index (χ4n) is 1.62. The Hall–Kier alpha value is -0.870. The summed E-state index contributed by atoms with van der Waals surface area (Å²) in [6, 6.07) is 5.74. The molecule has 1 rings (SSSR count). The van der Waals surface area contributed by atoms with Gasteiger partial charge in [0.1, 0.15) is 0 Å². The highest BCUT2D eigenvalue weighted by Crippen LogP contribution is 2.15. The first-order valence-electron chi connectivity index (χ1n) is 5.73. The lowest BCUT2D eigenvalue weighted by Gasteiger charge is -2.13. The summed E-state index contributed by atoms with van der Waals surface area (Å²) >= 11 is 3.38. The number of nitrogens with one attached hydrogen (secondary N) is 2. The minimum absolute atomic E-state index is 0.00764. The number of hydrogen-bond donors (Lipinski definition) is 2. The van der Waals surface area contributed by atoms with Crippen LogP contribution in [0.2, 0.25) is 0 Å². The normalized spacial score (nSPS) is 12.2. The Morgan fingerprint density at radius 2 is 2.12 bits per heavy atom. The molecule has 3 nitrogen and oxygen atoms in total. The minimum Gasteiger partial charge on any atom is -0.352 e. The molecule has 1 aromatic rings. The summed E-state index contributed by atoms with van der Waals surface area (Å²) in [4.78, 5) is 12.0. The van der Waals surface area contributed by atoms with Crippen LogP contribution in [0.1, 0.15) is 22.8 Å². The summed E-state index contributed by atoms with van der Waals surface area (Å²) in [6.07, 6.45) is 0. The van der Waals surface area contributed by atoms with Gasteiger partial charge in [-0.3, -0.25) is 4.79 Å². The van der Waals surface area contributed by atoms with Crippen molar-refractivity contribution >= 4 is 21.8 Å². The summed E-state index contributed by atoms with van der Waals surface area (Å²) in [5, 5.41) is 6.04. The maximum absolute atomic E-state index is 12.0. The monoisotopic (exact) mass is 298 g/mol. The van der Waals surface area contributed by atoms with Gasteiger partial charge in [-0.2, -0.15) is 0 Å². The van der Waals surface area contributed by atoms with Gasteiger partial charge < -0.3 is 10.6 Å². The molecule has 0 spiro atoms. The fraction of sp³-hybridized carbons (Fsp3) is 0.462. The van der Waals surface area contributed by atoms with Gasteiger partial charge in [-0.05, 0) is 44.1 Å². The smallest absolute Gasteiger partial charge is 0.251 e. The Kier molecular flexibility index (Phi) is 5.65. The third-order valence-corrected chi connectivity index (χ3v) is 3.10. The molecule has 17 heavy (non-hydrogen) atoms. The van der Waals surface area contributed by atoms with Gasteiger partial charge in [0.2, 0.25) is 0 Å². The molecule has 0 saturated heterocycles. The summed E-state index contributed by atoms with van der Waals surface area (Å²) in [5.41, 5.74) is 1.73. The molecule has 0 aliphatic heterocycles. The molecule has 1 aromatic carbocycles. The van der Waals surface area contributed by atoms with Crippen molar-refractivity contribution in [2.24, 2.45) is 5.92 Å². The third-order valence-electron chi connectivity index (χ3n) is 2.61. The first kappa shape index (κ1) is 14.2. The van der Waals surface area contributed by atoms with Gasteiger partial charge in [0.05, 0.1) is 0 Å². The molecule has 1 amide bonds. The molecule has 0 aliphatic rings.